The highest BCUT2D eigenvalue weighted by Crippen LogP contribution is 2.29. The van der Waals surface area contributed by atoms with Crippen LogP contribution in [0, 0.1) is 5.82 Å². The summed E-state index contributed by atoms with van der Waals surface area (Å²) in [5.74, 6) is -3.48. The van der Waals surface area contributed by atoms with Crippen LogP contribution in [0.2, 0.25) is 0 Å². The fraction of sp³-hybridized carbons (Fsp3) is 0.222. The quantitative estimate of drug-likeness (QED) is 0.780. The van der Waals surface area contributed by atoms with Gasteiger partial charge in [0.25, 0.3) is 0 Å². The van der Waals surface area contributed by atoms with Gasteiger partial charge in [-0.05, 0) is 33.6 Å². The van der Waals surface area contributed by atoms with Gasteiger partial charge in [0.05, 0.1) is 10.4 Å². The molecule has 0 spiro atoms. The van der Waals surface area contributed by atoms with Gasteiger partial charge in [-0.15, -0.1) is 0 Å². The van der Waals surface area contributed by atoms with Crippen molar-refractivity contribution < 1.29 is 19.4 Å². The highest BCUT2D eigenvalue weighted by Gasteiger charge is 2.20. The minimum Gasteiger partial charge on any atom is -0.505 e. The van der Waals surface area contributed by atoms with Crippen LogP contribution in [0.4, 0.5) is 4.39 Å². The molecule has 0 aliphatic carbocycles. The number of carboxylic acid groups (broad SMARTS) is 1. The van der Waals surface area contributed by atoms with Crippen LogP contribution in [-0.4, -0.2) is 22.7 Å². The van der Waals surface area contributed by atoms with Gasteiger partial charge >= 0.3 is 5.97 Å². The van der Waals surface area contributed by atoms with E-state index in [1.807, 2.05) is 0 Å². The summed E-state index contributed by atoms with van der Waals surface area (Å²) in [5, 5.41) is 18.0. The van der Waals surface area contributed by atoms with Gasteiger partial charge in [-0.2, -0.15) is 0 Å². The number of hydrogen-bond acceptors (Lipinski definition) is 3. The van der Waals surface area contributed by atoms with Crippen LogP contribution in [0.25, 0.3) is 0 Å². The summed E-state index contributed by atoms with van der Waals surface area (Å²) in [6.07, 6.45) is 0. The lowest BCUT2D eigenvalue weighted by Gasteiger charge is -2.11. The third-order valence-corrected chi connectivity index (χ3v) is 2.54. The second-order valence-corrected chi connectivity index (χ2v) is 3.82. The van der Waals surface area contributed by atoms with Crippen molar-refractivity contribution in [1.82, 2.24) is 0 Å². The number of benzene rings is 1. The Hall–Kier alpha value is -1.14. The summed E-state index contributed by atoms with van der Waals surface area (Å²) in [7, 11) is 0. The summed E-state index contributed by atoms with van der Waals surface area (Å²) in [4.78, 5) is 10.8. The number of carbonyl (C=O) groups is 1. The molecule has 0 fully saturated rings. The van der Waals surface area contributed by atoms with Gasteiger partial charge in [-0.3, -0.25) is 4.79 Å². The minimum absolute atomic E-state index is 0.0113. The molecule has 0 amide bonds. The molecule has 0 aliphatic rings. The molecule has 82 valence electrons. The van der Waals surface area contributed by atoms with E-state index >= 15 is 0 Å². The van der Waals surface area contributed by atoms with E-state index in [0.717, 1.165) is 6.07 Å². The SMILES string of the molecule is NCC(C(=O)O)c1cc(O)c(F)c(Br)c1. The Balaban J connectivity index is 3.20. The molecule has 0 aromatic heterocycles. The van der Waals surface area contributed by atoms with Gasteiger partial charge in [0, 0.05) is 6.54 Å². The predicted octanol–water partition coefficient (Wildman–Crippen LogP) is 1.42. The maximum atomic E-state index is 13.0. The number of phenols is 1. The van der Waals surface area contributed by atoms with Crippen molar-refractivity contribution in [1.29, 1.82) is 0 Å². The monoisotopic (exact) mass is 277 g/mol. The summed E-state index contributed by atoms with van der Waals surface area (Å²) in [6.45, 7) is -0.118. The zero-order chi connectivity index (χ0) is 11.6. The molecule has 1 aromatic rings. The molecule has 4 N–H and O–H groups in total. The van der Waals surface area contributed by atoms with Crippen molar-refractivity contribution in [3.63, 3.8) is 0 Å². The Morgan fingerprint density at radius 2 is 2.20 bits per heavy atom. The maximum absolute atomic E-state index is 13.0. The summed E-state index contributed by atoms with van der Waals surface area (Å²) in [6, 6.07) is 2.35. The third kappa shape index (κ3) is 2.45. The molecule has 1 unspecified atom stereocenters. The molecule has 15 heavy (non-hydrogen) atoms. The second-order valence-electron chi connectivity index (χ2n) is 2.96. The number of rotatable bonds is 3. The largest absolute Gasteiger partial charge is 0.505 e. The van der Waals surface area contributed by atoms with E-state index in [4.69, 9.17) is 15.9 Å². The number of nitrogens with two attached hydrogens (primary N) is 1. The lowest BCUT2D eigenvalue weighted by atomic mass is 9.99. The topological polar surface area (TPSA) is 83.6 Å². The highest BCUT2D eigenvalue weighted by molar-refractivity contribution is 9.10. The van der Waals surface area contributed by atoms with Crippen LogP contribution < -0.4 is 5.73 Å². The first-order valence-corrected chi connectivity index (χ1v) is 4.87. The zero-order valence-electron chi connectivity index (χ0n) is 7.58. The average molecular weight is 278 g/mol. The molecule has 1 rings (SSSR count). The Labute approximate surface area is 93.6 Å². The first kappa shape index (κ1) is 11.9. The molecular weight excluding hydrogens is 269 g/mol. The Kier molecular flexibility index (Phi) is 3.65. The van der Waals surface area contributed by atoms with Gasteiger partial charge in [0.1, 0.15) is 0 Å². The number of aromatic hydroxyl groups is 1. The lowest BCUT2D eigenvalue weighted by Crippen LogP contribution is -2.21. The van der Waals surface area contributed by atoms with Crippen molar-refractivity contribution >= 4 is 21.9 Å². The molecule has 1 aromatic carbocycles. The number of halogens is 2. The first-order valence-electron chi connectivity index (χ1n) is 4.08. The Morgan fingerprint density at radius 3 is 2.60 bits per heavy atom. The van der Waals surface area contributed by atoms with Gasteiger partial charge in [-0.1, -0.05) is 0 Å². The molecule has 6 heteroatoms. The average Bonchev–Trinajstić information content (AvgIpc) is 2.14. The van der Waals surface area contributed by atoms with E-state index in [1.54, 1.807) is 0 Å². The molecule has 0 saturated heterocycles. The smallest absolute Gasteiger partial charge is 0.312 e. The van der Waals surface area contributed by atoms with Crippen LogP contribution in [0.5, 0.6) is 5.75 Å². The summed E-state index contributed by atoms with van der Waals surface area (Å²) in [5.41, 5.74) is 5.53. The molecule has 4 nitrogen and oxygen atoms in total. The molecular formula is C9H9BrFNO3. The third-order valence-electron chi connectivity index (χ3n) is 1.97. The maximum Gasteiger partial charge on any atom is 0.312 e. The summed E-state index contributed by atoms with van der Waals surface area (Å²) >= 11 is 2.87. The van der Waals surface area contributed by atoms with Crippen LogP contribution in [0.3, 0.4) is 0 Å². The Bertz CT molecular complexity index is 374. The molecule has 0 radical (unpaired) electrons. The van der Waals surface area contributed by atoms with Crippen LogP contribution in [0.1, 0.15) is 11.5 Å². The van der Waals surface area contributed by atoms with E-state index < -0.39 is 23.5 Å². The second kappa shape index (κ2) is 4.59. The van der Waals surface area contributed by atoms with Gasteiger partial charge < -0.3 is 15.9 Å². The lowest BCUT2D eigenvalue weighted by molar-refractivity contribution is -0.138. The van der Waals surface area contributed by atoms with E-state index in [1.165, 1.54) is 6.07 Å². The van der Waals surface area contributed by atoms with E-state index in [9.17, 15) is 9.18 Å². The molecule has 0 saturated carbocycles. The Morgan fingerprint density at radius 1 is 1.60 bits per heavy atom. The van der Waals surface area contributed by atoms with E-state index in [0.29, 0.717) is 0 Å². The predicted molar refractivity (Wildman–Crippen MR) is 55.2 cm³/mol. The molecule has 0 bridgehead atoms. The number of hydrogen-bond donors (Lipinski definition) is 3. The first-order chi connectivity index (χ1) is 6.97. The van der Waals surface area contributed by atoms with Crippen molar-refractivity contribution in [2.75, 3.05) is 6.54 Å². The highest BCUT2D eigenvalue weighted by atomic mass is 79.9. The zero-order valence-corrected chi connectivity index (χ0v) is 9.16. The van der Waals surface area contributed by atoms with Crippen LogP contribution in [-0.2, 0) is 4.79 Å². The van der Waals surface area contributed by atoms with Crippen LogP contribution >= 0.6 is 15.9 Å². The van der Waals surface area contributed by atoms with Crippen molar-refractivity contribution in [3.8, 4) is 5.75 Å². The number of carboxylic acids is 1. The van der Waals surface area contributed by atoms with Gasteiger partial charge in [0.2, 0.25) is 0 Å². The van der Waals surface area contributed by atoms with Crippen LogP contribution in [0.15, 0.2) is 16.6 Å². The van der Waals surface area contributed by atoms with Crippen molar-refractivity contribution in [2.24, 2.45) is 5.73 Å². The fourth-order valence-corrected chi connectivity index (χ4v) is 1.64. The number of phenolic OH excluding ortho intramolecular Hbond substituents is 1. The minimum atomic E-state index is -1.12. The normalized spacial score (nSPS) is 12.5. The van der Waals surface area contributed by atoms with Gasteiger partial charge in [0.15, 0.2) is 11.6 Å². The van der Waals surface area contributed by atoms with E-state index in [-0.39, 0.29) is 16.6 Å². The number of aliphatic carboxylic acids is 1. The fourth-order valence-electron chi connectivity index (χ4n) is 1.18. The van der Waals surface area contributed by atoms with Crippen molar-refractivity contribution in [2.45, 2.75) is 5.92 Å². The summed E-state index contributed by atoms with van der Waals surface area (Å²) < 4.78 is 13.0. The van der Waals surface area contributed by atoms with Gasteiger partial charge in [-0.25, -0.2) is 4.39 Å². The van der Waals surface area contributed by atoms with E-state index in [2.05, 4.69) is 15.9 Å². The molecule has 0 heterocycles. The molecule has 1 atom stereocenters. The van der Waals surface area contributed by atoms with Crippen molar-refractivity contribution in [3.05, 3.63) is 28.0 Å². The standard InChI is InChI=1S/C9H9BrFNO3/c10-6-1-4(2-7(13)8(6)11)5(3-12)9(14)15/h1-2,5,13H,3,12H2,(H,14,15). The molecule has 0 aliphatic heterocycles.